The minimum atomic E-state index is -4.50. The van der Waals surface area contributed by atoms with E-state index in [1.165, 1.54) is 49.8 Å². The number of rotatable bonds is 7. The van der Waals surface area contributed by atoms with Crippen LogP contribution < -0.4 is 9.23 Å². The number of aromatic nitrogens is 2. The average molecular weight is 500 g/mol. The van der Waals surface area contributed by atoms with E-state index in [9.17, 15) is 22.3 Å². The van der Waals surface area contributed by atoms with Crippen molar-refractivity contribution in [2.75, 3.05) is 14.2 Å². The van der Waals surface area contributed by atoms with E-state index in [0.717, 1.165) is 7.11 Å². The summed E-state index contributed by atoms with van der Waals surface area (Å²) in [4.78, 5) is 13.1. The first-order chi connectivity index (χ1) is 14.1. The summed E-state index contributed by atoms with van der Waals surface area (Å²) in [6.07, 6.45) is 1.40. The Labute approximate surface area is 205 Å². The summed E-state index contributed by atoms with van der Waals surface area (Å²) in [5.41, 5.74) is 1.28. The summed E-state index contributed by atoms with van der Waals surface area (Å²) in [6, 6.07) is 9.61. The van der Waals surface area contributed by atoms with Gasteiger partial charge in [-0.2, -0.15) is 0 Å². The predicted octanol–water partition coefficient (Wildman–Crippen LogP) is 2.72. The zero-order valence-corrected chi connectivity index (χ0v) is 18.1. The second-order valence-corrected chi connectivity index (χ2v) is 9.87. The van der Waals surface area contributed by atoms with Crippen LogP contribution in [0.4, 0.5) is 4.39 Å². The predicted molar refractivity (Wildman–Crippen MR) is 115 cm³/mol. The fourth-order valence-electron chi connectivity index (χ4n) is 2.62. The maximum absolute atomic E-state index is 14.1. The molecule has 0 aliphatic carbocycles. The third-order valence-electron chi connectivity index (χ3n) is 4.06. The van der Waals surface area contributed by atoms with Crippen LogP contribution in [0.5, 0.6) is 5.75 Å². The third-order valence-corrected chi connectivity index (χ3v) is 7.60. The second kappa shape index (κ2) is 10.1. The first-order valence-corrected chi connectivity index (χ1v) is 11.6. The Kier molecular flexibility index (Phi) is 8.48. The molecule has 9 nitrogen and oxygen atoms in total. The van der Waals surface area contributed by atoms with Gasteiger partial charge in [0.25, 0.3) is 0 Å². The Balaban J connectivity index is 0.00000341. The van der Waals surface area contributed by atoms with Crippen LogP contribution in [-0.2, 0) is 19.1 Å². The van der Waals surface area contributed by atoms with Gasteiger partial charge in [0.15, 0.2) is 16.7 Å². The fourth-order valence-corrected chi connectivity index (χ4v) is 5.30. The quantitative estimate of drug-likeness (QED) is 0.379. The molecule has 0 saturated carbocycles. The Morgan fingerprint density at radius 1 is 1.19 bits per heavy atom. The molecule has 0 saturated heterocycles. The molecule has 3 rings (SSSR count). The van der Waals surface area contributed by atoms with Gasteiger partial charge in [-0.25, -0.2) is 22.4 Å². The van der Waals surface area contributed by atoms with Crippen molar-refractivity contribution in [1.82, 2.24) is 14.0 Å². The van der Waals surface area contributed by atoms with Crippen LogP contribution >= 0.6 is 19.3 Å². The van der Waals surface area contributed by atoms with E-state index in [0.29, 0.717) is 16.9 Å². The van der Waals surface area contributed by atoms with Crippen molar-refractivity contribution in [3.8, 4) is 22.7 Å². The van der Waals surface area contributed by atoms with Crippen LogP contribution in [0, 0.1) is 5.82 Å². The molecule has 2 N–H and O–H groups in total. The minimum absolute atomic E-state index is 0. The molecular formula is C17H17ClFN3NaO6PS. The first-order valence-electron chi connectivity index (χ1n) is 8.18. The molecule has 3 aromatic rings. The number of imidazole rings is 1. The number of hydrogen-bond donors (Lipinski definition) is 2. The Hall–Kier alpha value is -1.27. The van der Waals surface area contributed by atoms with Crippen LogP contribution in [0.15, 0.2) is 53.7 Å². The number of hydrogen-bond acceptors (Lipinski definition) is 6. The van der Waals surface area contributed by atoms with E-state index < -0.39 is 23.6 Å². The van der Waals surface area contributed by atoms with Gasteiger partial charge >= 0.3 is 37.3 Å². The third kappa shape index (κ3) is 5.75. The summed E-state index contributed by atoms with van der Waals surface area (Å²) in [6.45, 7) is 0. The molecule has 14 heteroatoms. The molecule has 1 heterocycles. The molecule has 31 heavy (non-hydrogen) atoms. The summed E-state index contributed by atoms with van der Waals surface area (Å²) in [7, 11) is -6.55. The van der Waals surface area contributed by atoms with Crippen molar-refractivity contribution in [2.24, 2.45) is 0 Å². The van der Waals surface area contributed by atoms with E-state index in [2.05, 4.69) is 9.51 Å². The molecule has 0 fully saturated rings. The summed E-state index contributed by atoms with van der Waals surface area (Å²) >= 11 is 6.18. The Morgan fingerprint density at radius 2 is 1.84 bits per heavy atom. The van der Waals surface area contributed by atoms with E-state index in [1.807, 2.05) is 0 Å². The molecule has 0 spiro atoms. The number of methoxy groups -OCH3 is 1. The van der Waals surface area contributed by atoms with Gasteiger partial charge in [0.2, 0.25) is 10.0 Å². The molecule has 162 valence electrons. The number of benzene rings is 2. The SMILES string of the molecule is COc1ccc(-c2c(Cl)ncn2-c2ccc(S(=O)(=O)NP(=O)(O)OC)cc2)cc1F.[NaH]. The van der Waals surface area contributed by atoms with E-state index in [1.54, 1.807) is 15.1 Å². The van der Waals surface area contributed by atoms with Crippen molar-refractivity contribution >= 4 is 58.9 Å². The molecule has 0 aliphatic heterocycles. The first kappa shape index (κ1) is 26.0. The van der Waals surface area contributed by atoms with Gasteiger partial charge in [-0.05, 0) is 42.5 Å². The van der Waals surface area contributed by atoms with Gasteiger partial charge < -0.3 is 9.63 Å². The van der Waals surface area contributed by atoms with Crippen LogP contribution in [0.1, 0.15) is 0 Å². The normalized spacial score (nSPS) is 13.3. The Bertz CT molecular complexity index is 1240. The molecule has 1 aromatic heterocycles. The molecule has 0 radical (unpaired) electrons. The number of ether oxygens (including phenoxy) is 1. The number of nitrogens with one attached hydrogen (secondary N) is 1. The van der Waals surface area contributed by atoms with Gasteiger partial charge in [-0.15, -0.1) is 4.49 Å². The van der Waals surface area contributed by atoms with Crippen LogP contribution in [0.25, 0.3) is 16.9 Å². The van der Waals surface area contributed by atoms with Gasteiger partial charge in [0, 0.05) is 18.4 Å². The second-order valence-electron chi connectivity index (χ2n) is 5.89. The molecule has 2 aromatic carbocycles. The van der Waals surface area contributed by atoms with E-state index in [-0.39, 0.29) is 45.4 Å². The van der Waals surface area contributed by atoms with Gasteiger partial charge in [-0.3, -0.25) is 9.09 Å². The van der Waals surface area contributed by atoms with Crippen molar-refractivity contribution in [1.29, 1.82) is 0 Å². The molecule has 0 aliphatic rings. The van der Waals surface area contributed by atoms with Crippen molar-refractivity contribution in [3.05, 3.63) is 59.8 Å². The average Bonchev–Trinajstić information content (AvgIpc) is 3.08. The van der Waals surface area contributed by atoms with E-state index in [4.69, 9.17) is 16.3 Å². The monoisotopic (exact) mass is 499 g/mol. The number of sulfonamides is 1. The zero-order chi connectivity index (χ0) is 22.1. The fraction of sp³-hybridized carbons (Fsp3) is 0.118. The summed E-state index contributed by atoms with van der Waals surface area (Å²) < 4.78 is 62.4. The van der Waals surface area contributed by atoms with E-state index >= 15 is 0 Å². The number of nitrogens with zero attached hydrogens (tertiary/aromatic N) is 2. The van der Waals surface area contributed by atoms with Crippen LogP contribution in [0.3, 0.4) is 0 Å². The molecular weight excluding hydrogens is 483 g/mol. The van der Waals surface area contributed by atoms with Crippen LogP contribution in [0.2, 0.25) is 5.15 Å². The zero-order valence-electron chi connectivity index (χ0n) is 15.6. The van der Waals surface area contributed by atoms with Crippen molar-refractivity contribution in [3.63, 3.8) is 0 Å². The molecule has 1 unspecified atom stereocenters. The van der Waals surface area contributed by atoms with Crippen molar-refractivity contribution in [2.45, 2.75) is 4.90 Å². The molecule has 0 bridgehead atoms. The molecule has 0 amide bonds. The van der Waals surface area contributed by atoms with Gasteiger partial charge in [0.1, 0.15) is 6.33 Å². The molecule has 1 atom stereocenters. The van der Waals surface area contributed by atoms with Gasteiger partial charge in [0.05, 0.1) is 17.7 Å². The summed E-state index contributed by atoms with van der Waals surface area (Å²) in [5, 5.41) is 0.110. The van der Waals surface area contributed by atoms with Gasteiger partial charge in [-0.1, -0.05) is 11.6 Å². The summed E-state index contributed by atoms with van der Waals surface area (Å²) in [5.74, 6) is -0.516. The van der Waals surface area contributed by atoms with Crippen molar-refractivity contribution < 1.29 is 31.5 Å². The van der Waals surface area contributed by atoms with Crippen LogP contribution in [-0.4, -0.2) is 66.6 Å². The number of halogens is 2. The Morgan fingerprint density at radius 3 is 2.39 bits per heavy atom. The maximum atomic E-state index is 14.1. The standard InChI is InChI=1S/C17H16ClFN3O6PS.Na.H/c1-27-15-8-3-11(9-14(15)19)16-17(18)20-10-22(16)12-4-6-13(7-5-12)30(25,26)21-29(23,24)28-2;;/h3-10H,1-2H3,(H2,21,23,24);;. The topological polar surface area (TPSA) is 120 Å².